The van der Waals surface area contributed by atoms with Gasteiger partial charge in [-0.2, -0.15) is 0 Å². The summed E-state index contributed by atoms with van der Waals surface area (Å²) in [5, 5.41) is 3.07. The lowest BCUT2D eigenvalue weighted by Gasteiger charge is -2.24. The van der Waals surface area contributed by atoms with Crippen LogP contribution < -0.4 is 14.8 Å². The van der Waals surface area contributed by atoms with Crippen LogP contribution in [0.4, 0.5) is 0 Å². The summed E-state index contributed by atoms with van der Waals surface area (Å²) in [6.45, 7) is 0.627. The van der Waals surface area contributed by atoms with Crippen LogP contribution in [-0.2, 0) is 17.6 Å². The topological polar surface area (TPSA) is 50.8 Å². The number of carbonyl (C=O) groups is 1. The number of carbonyl (C=O) groups excluding carboxylic acids is 1. The Morgan fingerprint density at radius 1 is 1.00 bits per heavy atom. The summed E-state index contributed by atoms with van der Waals surface area (Å²) in [5.74, 6) is 1.53. The molecule has 0 aromatic heterocycles. The van der Waals surface area contributed by atoms with E-state index in [1.807, 2.05) is 50.5 Å². The van der Waals surface area contributed by atoms with Crippen LogP contribution in [-0.4, -0.2) is 51.7 Å². The van der Waals surface area contributed by atoms with Crippen LogP contribution in [0.3, 0.4) is 0 Å². The van der Waals surface area contributed by atoms with E-state index in [4.69, 9.17) is 9.47 Å². The quantitative estimate of drug-likeness (QED) is 0.699. The molecule has 0 heterocycles. The number of methoxy groups -OCH3 is 2. The predicted molar refractivity (Wildman–Crippen MR) is 108 cm³/mol. The molecular weight excluding hydrogens is 340 g/mol. The summed E-state index contributed by atoms with van der Waals surface area (Å²) in [7, 11) is 7.34. The summed E-state index contributed by atoms with van der Waals surface area (Å²) in [5.41, 5.74) is 2.30. The molecule has 2 aromatic carbocycles. The summed E-state index contributed by atoms with van der Waals surface area (Å²) in [4.78, 5) is 14.5. The van der Waals surface area contributed by atoms with Crippen LogP contribution in [0.15, 0.2) is 48.5 Å². The molecule has 0 bridgehead atoms. The smallest absolute Gasteiger partial charge is 0.220 e. The van der Waals surface area contributed by atoms with E-state index in [2.05, 4.69) is 22.3 Å². The Hall–Kier alpha value is -2.53. The van der Waals surface area contributed by atoms with Crippen molar-refractivity contribution in [3.05, 3.63) is 59.7 Å². The molecule has 0 saturated heterocycles. The summed E-state index contributed by atoms with van der Waals surface area (Å²) in [6, 6.07) is 16.3. The maximum Gasteiger partial charge on any atom is 0.220 e. The molecule has 27 heavy (non-hydrogen) atoms. The maximum absolute atomic E-state index is 12.3. The minimum atomic E-state index is 0.0525. The lowest BCUT2D eigenvalue weighted by atomic mass is 10.0. The molecule has 0 spiro atoms. The fourth-order valence-corrected chi connectivity index (χ4v) is 2.91. The van der Waals surface area contributed by atoms with Crippen LogP contribution in [0.5, 0.6) is 11.5 Å². The van der Waals surface area contributed by atoms with Crippen molar-refractivity contribution in [1.82, 2.24) is 10.2 Å². The molecule has 0 radical (unpaired) electrons. The molecular formula is C22H30N2O3. The van der Waals surface area contributed by atoms with Crippen molar-refractivity contribution in [2.75, 3.05) is 34.9 Å². The van der Waals surface area contributed by atoms with Gasteiger partial charge in [-0.05, 0) is 50.2 Å². The number of likely N-dealkylation sites (N-methyl/N-ethyl adjacent to an activating group) is 1. The van der Waals surface area contributed by atoms with Crippen molar-refractivity contribution in [1.29, 1.82) is 0 Å². The molecule has 2 rings (SSSR count). The normalized spacial score (nSPS) is 11.9. The Labute approximate surface area is 162 Å². The Morgan fingerprint density at radius 3 is 2.19 bits per heavy atom. The lowest BCUT2D eigenvalue weighted by molar-refractivity contribution is -0.121. The SMILES string of the molecule is COc1cc(CCC(=O)NCC(Cc2ccccc2)N(C)C)cc(OC)c1. The van der Waals surface area contributed by atoms with E-state index in [9.17, 15) is 4.79 Å². The number of benzene rings is 2. The third kappa shape index (κ3) is 6.94. The van der Waals surface area contributed by atoms with Gasteiger partial charge in [0.25, 0.3) is 0 Å². The van der Waals surface area contributed by atoms with Gasteiger partial charge in [-0.3, -0.25) is 4.79 Å². The lowest BCUT2D eigenvalue weighted by Crippen LogP contribution is -2.41. The molecule has 0 aliphatic heterocycles. The second-order valence-electron chi connectivity index (χ2n) is 6.83. The molecule has 146 valence electrons. The van der Waals surface area contributed by atoms with Crippen molar-refractivity contribution in [2.45, 2.75) is 25.3 Å². The van der Waals surface area contributed by atoms with Gasteiger partial charge in [0, 0.05) is 25.1 Å². The average Bonchev–Trinajstić information content (AvgIpc) is 2.69. The first-order valence-electron chi connectivity index (χ1n) is 9.20. The molecule has 1 N–H and O–H groups in total. The molecule has 0 saturated carbocycles. The second kappa shape index (κ2) is 10.6. The van der Waals surface area contributed by atoms with E-state index in [0.29, 0.717) is 19.4 Å². The number of amides is 1. The maximum atomic E-state index is 12.3. The number of hydrogen-bond acceptors (Lipinski definition) is 4. The third-order valence-electron chi connectivity index (χ3n) is 4.63. The monoisotopic (exact) mass is 370 g/mol. The van der Waals surface area contributed by atoms with E-state index in [-0.39, 0.29) is 11.9 Å². The van der Waals surface area contributed by atoms with Gasteiger partial charge in [0.2, 0.25) is 5.91 Å². The molecule has 2 aromatic rings. The molecule has 0 aliphatic rings. The molecule has 1 amide bonds. The van der Waals surface area contributed by atoms with Gasteiger partial charge < -0.3 is 19.7 Å². The molecule has 0 aliphatic carbocycles. The van der Waals surface area contributed by atoms with Gasteiger partial charge >= 0.3 is 0 Å². The van der Waals surface area contributed by atoms with Crippen molar-refractivity contribution in [3.63, 3.8) is 0 Å². The van der Waals surface area contributed by atoms with Gasteiger partial charge in [-0.25, -0.2) is 0 Å². The number of ether oxygens (including phenoxy) is 2. The average molecular weight is 370 g/mol. The zero-order valence-electron chi connectivity index (χ0n) is 16.7. The minimum absolute atomic E-state index is 0.0525. The van der Waals surface area contributed by atoms with Crippen LogP contribution >= 0.6 is 0 Å². The van der Waals surface area contributed by atoms with Crippen LogP contribution in [0.2, 0.25) is 0 Å². The fourth-order valence-electron chi connectivity index (χ4n) is 2.91. The second-order valence-corrected chi connectivity index (χ2v) is 6.83. The standard InChI is InChI=1S/C22H30N2O3/c1-24(2)19(12-17-8-6-5-7-9-17)16-23-22(25)11-10-18-13-20(26-3)15-21(14-18)27-4/h5-9,13-15,19H,10-12,16H2,1-4H3,(H,23,25). The highest BCUT2D eigenvalue weighted by atomic mass is 16.5. The fraction of sp³-hybridized carbons (Fsp3) is 0.409. The number of nitrogens with one attached hydrogen (secondary N) is 1. The highest BCUT2D eigenvalue weighted by Crippen LogP contribution is 2.23. The predicted octanol–water partition coefficient (Wildman–Crippen LogP) is 2.93. The van der Waals surface area contributed by atoms with E-state index in [1.165, 1.54) is 5.56 Å². The van der Waals surface area contributed by atoms with Gasteiger partial charge in [0.05, 0.1) is 14.2 Å². The molecule has 0 fully saturated rings. The summed E-state index contributed by atoms with van der Waals surface area (Å²) < 4.78 is 10.6. The van der Waals surface area contributed by atoms with E-state index in [1.54, 1.807) is 14.2 Å². The molecule has 5 nitrogen and oxygen atoms in total. The Kier molecular flexibility index (Phi) is 8.14. The van der Waals surface area contributed by atoms with Crippen LogP contribution in [0.25, 0.3) is 0 Å². The number of hydrogen-bond donors (Lipinski definition) is 1. The van der Waals surface area contributed by atoms with E-state index >= 15 is 0 Å². The largest absolute Gasteiger partial charge is 0.497 e. The summed E-state index contributed by atoms with van der Waals surface area (Å²) >= 11 is 0. The number of rotatable bonds is 10. The first-order valence-corrected chi connectivity index (χ1v) is 9.20. The van der Waals surface area contributed by atoms with Gasteiger partial charge in [-0.1, -0.05) is 30.3 Å². The molecule has 5 heteroatoms. The van der Waals surface area contributed by atoms with Crippen molar-refractivity contribution >= 4 is 5.91 Å². The van der Waals surface area contributed by atoms with E-state index < -0.39 is 0 Å². The van der Waals surface area contributed by atoms with Crippen molar-refractivity contribution in [3.8, 4) is 11.5 Å². The zero-order valence-corrected chi connectivity index (χ0v) is 16.7. The zero-order chi connectivity index (χ0) is 19.6. The van der Waals surface area contributed by atoms with Crippen LogP contribution in [0.1, 0.15) is 17.5 Å². The number of aryl methyl sites for hydroxylation is 1. The molecule has 1 unspecified atom stereocenters. The highest BCUT2D eigenvalue weighted by molar-refractivity contribution is 5.76. The third-order valence-corrected chi connectivity index (χ3v) is 4.63. The Balaban J connectivity index is 1.85. The Bertz CT molecular complexity index is 695. The first kappa shape index (κ1) is 20.8. The molecule has 1 atom stereocenters. The van der Waals surface area contributed by atoms with E-state index in [0.717, 1.165) is 23.5 Å². The van der Waals surface area contributed by atoms with Gasteiger partial charge in [0.1, 0.15) is 11.5 Å². The number of nitrogens with zero attached hydrogens (tertiary/aromatic N) is 1. The summed E-state index contributed by atoms with van der Waals surface area (Å²) in [6.07, 6.45) is 1.98. The van der Waals surface area contributed by atoms with Crippen LogP contribution in [0, 0.1) is 0 Å². The van der Waals surface area contributed by atoms with Gasteiger partial charge in [-0.15, -0.1) is 0 Å². The Morgan fingerprint density at radius 2 is 1.63 bits per heavy atom. The van der Waals surface area contributed by atoms with Crippen molar-refractivity contribution < 1.29 is 14.3 Å². The first-order chi connectivity index (χ1) is 13.0. The minimum Gasteiger partial charge on any atom is -0.497 e. The van der Waals surface area contributed by atoms with Crippen molar-refractivity contribution in [2.24, 2.45) is 0 Å². The van der Waals surface area contributed by atoms with Gasteiger partial charge in [0.15, 0.2) is 0 Å². The highest BCUT2D eigenvalue weighted by Gasteiger charge is 2.14.